The number of benzene rings is 1. The molecule has 1 saturated heterocycles. The van der Waals surface area contributed by atoms with Crippen molar-refractivity contribution in [1.29, 1.82) is 0 Å². The van der Waals surface area contributed by atoms with Gasteiger partial charge in [0.05, 0.1) is 18.2 Å². The average molecular weight is 467 g/mol. The van der Waals surface area contributed by atoms with Crippen molar-refractivity contribution in [3.63, 3.8) is 0 Å². The number of halogens is 1. The van der Waals surface area contributed by atoms with Crippen LogP contribution >= 0.6 is 12.4 Å². The number of para-hydroxylation sites is 1. The number of tetrazole rings is 1. The molecule has 32 heavy (non-hydrogen) atoms. The van der Waals surface area contributed by atoms with Crippen molar-refractivity contribution in [1.82, 2.24) is 24.7 Å². The maximum absolute atomic E-state index is 13.0. The molecule has 1 amide bonds. The Morgan fingerprint density at radius 2 is 1.84 bits per heavy atom. The first-order valence-electron chi connectivity index (χ1n) is 11.1. The van der Waals surface area contributed by atoms with E-state index in [2.05, 4.69) is 15.3 Å². The summed E-state index contributed by atoms with van der Waals surface area (Å²) >= 11 is 0. The van der Waals surface area contributed by atoms with Gasteiger partial charge in [-0.05, 0) is 49.2 Å². The highest BCUT2D eigenvalue weighted by molar-refractivity contribution is 5.94. The molecular formula is C22H35ClN6O3. The molecule has 1 aromatic heterocycles. The topological polar surface area (TPSA) is 85.5 Å². The summed E-state index contributed by atoms with van der Waals surface area (Å²) < 4.78 is 8.44. The van der Waals surface area contributed by atoms with Crippen LogP contribution in [0.3, 0.4) is 0 Å². The molecule has 0 N–H and O–H groups in total. The maximum Gasteiger partial charge on any atom is 0.363 e. The lowest BCUT2D eigenvalue weighted by Crippen LogP contribution is -2.60. The van der Waals surface area contributed by atoms with Gasteiger partial charge in [0, 0.05) is 45.4 Å². The van der Waals surface area contributed by atoms with Gasteiger partial charge >= 0.3 is 5.69 Å². The van der Waals surface area contributed by atoms with Gasteiger partial charge in [0.1, 0.15) is 0 Å². The largest absolute Gasteiger partial charge is 0.382 e. The minimum absolute atomic E-state index is 0. The summed E-state index contributed by atoms with van der Waals surface area (Å²) in [6, 6.07) is 9.78. The quantitative estimate of drug-likeness (QED) is 0.564. The van der Waals surface area contributed by atoms with Gasteiger partial charge in [-0.3, -0.25) is 4.79 Å². The molecule has 0 spiro atoms. The highest BCUT2D eigenvalue weighted by atomic mass is 35.5. The highest BCUT2D eigenvalue weighted by Crippen LogP contribution is 2.34. The van der Waals surface area contributed by atoms with Crippen molar-refractivity contribution in [2.45, 2.75) is 58.2 Å². The van der Waals surface area contributed by atoms with Gasteiger partial charge in [0.15, 0.2) is 0 Å². The molecule has 10 heteroatoms. The second kappa shape index (κ2) is 11.6. The van der Waals surface area contributed by atoms with E-state index in [1.165, 1.54) is 9.36 Å². The second-order valence-electron chi connectivity index (χ2n) is 8.25. The van der Waals surface area contributed by atoms with Crippen molar-refractivity contribution < 1.29 is 9.53 Å². The van der Waals surface area contributed by atoms with E-state index >= 15 is 0 Å². The summed E-state index contributed by atoms with van der Waals surface area (Å²) in [4.78, 5) is 29.6. The van der Waals surface area contributed by atoms with Crippen LogP contribution in [0.15, 0.2) is 35.1 Å². The number of hydrogen-bond donors (Lipinski definition) is 0. The number of carbonyl (C=O) groups is 1. The standard InChI is InChI=1S/C22H34N6O3.ClH/c1-5-20(29)27(19-10-8-7-9-11-19)22(17-31-4)12-14-25(15-13-22)16-18(3)28-21(30)26(6-2)23-24-28;/h7-11,18H,5-6,12-17H2,1-4H3;1H. The zero-order valence-electron chi connectivity index (χ0n) is 19.4. The Bertz CT molecular complexity index is 908. The molecule has 1 fully saturated rings. The average Bonchev–Trinajstić information content (AvgIpc) is 3.16. The van der Waals surface area contributed by atoms with Gasteiger partial charge in [0.25, 0.3) is 0 Å². The Kier molecular flexibility index (Phi) is 9.42. The molecule has 178 valence electrons. The molecule has 0 saturated carbocycles. The number of aromatic nitrogens is 4. The van der Waals surface area contributed by atoms with Crippen LogP contribution in [0.1, 0.15) is 46.1 Å². The number of hydrogen-bond acceptors (Lipinski definition) is 6. The number of methoxy groups -OCH3 is 1. The van der Waals surface area contributed by atoms with E-state index in [0.717, 1.165) is 31.6 Å². The van der Waals surface area contributed by atoms with Crippen LogP contribution in [0.4, 0.5) is 5.69 Å². The van der Waals surface area contributed by atoms with Crippen LogP contribution in [0.25, 0.3) is 0 Å². The second-order valence-corrected chi connectivity index (χ2v) is 8.25. The molecule has 1 atom stereocenters. The zero-order chi connectivity index (χ0) is 22.4. The number of amides is 1. The van der Waals surface area contributed by atoms with E-state index < -0.39 is 0 Å². The van der Waals surface area contributed by atoms with Crippen LogP contribution < -0.4 is 10.6 Å². The molecular weight excluding hydrogens is 432 g/mol. The van der Waals surface area contributed by atoms with Crippen molar-refractivity contribution in [2.75, 3.05) is 38.3 Å². The van der Waals surface area contributed by atoms with E-state index in [1.54, 1.807) is 7.11 Å². The monoisotopic (exact) mass is 466 g/mol. The first-order chi connectivity index (χ1) is 15.0. The summed E-state index contributed by atoms with van der Waals surface area (Å²) in [6.45, 7) is 9.09. The molecule has 3 rings (SSSR count). The third kappa shape index (κ3) is 5.39. The Morgan fingerprint density at radius 3 is 2.38 bits per heavy atom. The van der Waals surface area contributed by atoms with Gasteiger partial charge in [-0.1, -0.05) is 25.1 Å². The van der Waals surface area contributed by atoms with Crippen molar-refractivity contribution >= 4 is 24.0 Å². The van der Waals surface area contributed by atoms with Crippen molar-refractivity contribution in [2.24, 2.45) is 0 Å². The van der Waals surface area contributed by atoms with Crippen molar-refractivity contribution in [3.8, 4) is 0 Å². The minimum Gasteiger partial charge on any atom is -0.382 e. The van der Waals surface area contributed by atoms with Gasteiger partial charge in [-0.15, -0.1) is 12.4 Å². The van der Waals surface area contributed by atoms with E-state index in [1.807, 2.05) is 56.0 Å². The van der Waals surface area contributed by atoms with Gasteiger partial charge in [0.2, 0.25) is 5.91 Å². The number of likely N-dealkylation sites (tertiary alicyclic amines) is 1. The molecule has 1 aromatic carbocycles. The highest BCUT2D eigenvalue weighted by Gasteiger charge is 2.43. The molecule has 2 aromatic rings. The number of rotatable bonds is 9. The predicted octanol–water partition coefficient (Wildman–Crippen LogP) is 2.37. The number of nitrogens with zero attached hydrogens (tertiary/aromatic N) is 6. The van der Waals surface area contributed by atoms with Gasteiger partial charge in [-0.2, -0.15) is 9.36 Å². The summed E-state index contributed by atoms with van der Waals surface area (Å²) in [5.74, 6) is 0.104. The fourth-order valence-corrected chi connectivity index (χ4v) is 4.48. The third-order valence-corrected chi connectivity index (χ3v) is 6.14. The van der Waals surface area contributed by atoms with Crippen LogP contribution in [-0.2, 0) is 16.1 Å². The number of anilines is 1. The summed E-state index contributed by atoms with van der Waals surface area (Å²) in [5.41, 5.74) is 0.353. The van der Waals surface area contributed by atoms with Crippen molar-refractivity contribution in [3.05, 3.63) is 40.8 Å². The minimum atomic E-state index is -0.384. The van der Waals surface area contributed by atoms with E-state index in [0.29, 0.717) is 26.1 Å². The first-order valence-corrected chi connectivity index (χ1v) is 11.1. The number of ether oxygens (including phenoxy) is 1. The Morgan fingerprint density at radius 1 is 1.19 bits per heavy atom. The third-order valence-electron chi connectivity index (χ3n) is 6.14. The lowest BCUT2D eigenvalue weighted by Gasteiger charge is -2.48. The molecule has 0 radical (unpaired) electrons. The van der Waals surface area contributed by atoms with Crippen LogP contribution in [0, 0.1) is 0 Å². The van der Waals surface area contributed by atoms with Crippen LogP contribution in [0.2, 0.25) is 0 Å². The Hall–Kier alpha value is -2.23. The molecule has 9 nitrogen and oxygen atoms in total. The summed E-state index contributed by atoms with van der Waals surface area (Å²) in [7, 11) is 1.69. The molecule has 2 heterocycles. The summed E-state index contributed by atoms with van der Waals surface area (Å²) in [5, 5.41) is 7.95. The first kappa shape index (κ1) is 26.0. The smallest absolute Gasteiger partial charge is 0.363 e. The van der Waals surface area contributed by atoms with E-state index in [-0.39, 0.29) is 35.6 Å². The number of piperidine rings is 1. The van der Waals surface area contributed by atoms with Crippen LogP contribution in [0.5, 0.6) is 0 Å². The van der Waals surface area contributed by atoms with Gasteiger partial charge in [-0.25, -0.2) is 4.79 Å². The van der Waals surface area contributed by atoms with E-state index in [9.17, 15) is 9.59 Å². The molecule has 0 aliphatic carbocycles. The fourth-order valence-electron chi connectivity index (χ4n) is 4.48. The predicted molar refractivity (Wildman–Crippen MR) is 126 cm³/mol. The molecule has 1 aliphatic heterocycles. The molecule has 1 aliphatic rings. The molecule has 1 unspecified atom stereocenters. The Labute approximate surface area is 195 Å². The number of aryl methyl sites for hydroxylation is 1. The zero-order valence-corrected chi connectivity index (χ0v) is 20.3. The lowest BCUT2D eigenvalue weighted by molar-refractivity contribution is -0.120. The maximum atomic E-state index is 13.0. The van der Waals surface area contributed by atoms with Gasteiger partial charge < -0.3 is 14.5 Å². The van der Waals surface area contributed by atoms with E-state index in [4.69, 9.17) is 4.74 Å². The number of carbonyl (C=O) groups excluding carboxylic acids is 1. The van der Waals surface area contributed by atoms with Crippen LogP contribution in [-0.4, -0.2) is 69.5 Å². The Balaban J connectivity index is 0.00000363. The normalized spacial score (nSPS) is 16.9. The summed E-state index contributed by atoms with van der Waals surface area (Å²) in [6.07, 6.45) is 2.03. The SMILES string of the molecule is CCC(=O)N(c1ccccc1)C1(COC)CCN(CC(C)n2nnn(CC)c2=O)CC1.Cl. The lowest BCUT2D eigenvalue weighted by atomic mass is 9.85. The molecule has 0 bridgehead atoms. The fraction of sp³-hybridized carbons (Fsp3) is 0.636.